The van der Waals surface area contributed by atoms with Crippen LogP contribution in [0.15, 0.2) is 66.9 Å². The highest BCUT2D eigenvalue weighted by molar-refractivity contribution is 7.71. The second kappa shape index (κ2) is 9.87. The number of carbonyl (C=O) groups is 1. The predicted molar refractivity (Wildman–Crippen MR) is 133 cm³/mol. The molecule has 33 heavy (non-hydrogen) atoms. The van der Waals surface area contributed by atoms with Crippen LogP contribution in [0, 0.1) is 4.64 Å². The average Bonchev–Trinajstić information content (AvgIpc) is 2.86. The van der Waals surface area contributed by atoms with E-state index in [-0.39, 0.29) is 5.91 Å². The number of benzene rings is 2. The summed E-state index contributed by atoms with van der Waals surface area (Å²) >= 11 is 5.66. The van der Waals surface area contributed by atoms with Gasteiger partial charge in [-0.3, -0.25) is 10.2 Å². The van der Waals surface area contributed by atoms with Crippen molar-refractivity contribution in [3.8, 4) is 5.75 Å². The van der Waals surface area contributed by atoms with Crippen molar-refractivity contribution in [3.05, 3.63) is 82.6 Å². The van der Waals surface area contributed by atoms with Crippen molar-refractivity contribution >= 4 is 35.7 Å². The van der Waals surface area contributed by atoms with E-state index < -0.39 is 6.04 Å². The average molecular weight is 463 g/mol. The molecule has 170 valence electrons. The van der Waals surface area contributed by atoms with E-state index in [4.69, 9.17) is 28.1 Å². The van der Waals surface area contributed by atoms with Gasteiger partial charge in [-0.05, 0) is 35.9 Å². The molecule has 7 nitrogen and oxygen atoms in total. The second-order valence-electron chi connectivity index (χ2n) is 7.89. The summed E-state index contributed by atoms with van der Waals surface area (Å²) in [6, 6.07) is 18.8. The Labute approximate surface area is 198 Å². The van der Waals surface area contributed by atoms with Crippen molar-refractivity contribution in [2.24, 2.45) is 0 Å². The molecule has 1 fully saturated rings. The molecular weight excluding hydrogens is 434 g/mol. The normalized spacial score (nSPS) is 14.6. The Bertz CT molecular complexity index is 1190. The number of nitrogen functional groups attached to an aromatic ring is 1. The Balaban J connectivity index is 1.59. The highest BCUT2D eigenvalue weighted by atomic mass is 32.1. The number of rotatable bonds is 6. The van der Waals surface area contributed by atoms with E-state index in [0.717, 1.165) is 30.1 Å². The van der Waals surface area contributed by atoms with Crippen LogP contribution in [-0.4, -0.2) is 54.9 Å². The minimum atomic E-state index is -0.592. The highest BCUT2D eigenvalue weighted by Gasteiger charge is 2.30. The number of hydrogen-bond donors (Lipinski definition) is 2. The molecule has 1 saturated heterocycles. The molecule has 4 N–H and O–H groups in total. The summed E-state index contributed by atoms with van der Waals surface area (Å²) in [5.74, 6) is 0.826. The molecule has 1 unspecified atom stereocenters. The van der Waals surface area contributed by atoms with Crippen LogP contribution in [-0.2, 0) is 4.79 Å². The van der Waals surface area contributed by atoms with Crippen molar-refractivity contribution in [2.75, 3.05) is 43.9 Å². The topological polar surface area (TPSA) is 89.3 Å². The number of nitrogens with zero attached hydrogens (tertiary/aromatic N) is 3. The van der Waals surface area contributed by atoms with Crippen molar-refractivity contribution in [3.63, 3.8) is 0 Å². The number of aromatic nitrogens is 1. The number of methoxy groups -OCH3 is 1. The maximum Gasteiger partial charge on any atom is 0.250 e. The Morgan fingerprint density at radius 1 is 1.06 bits per heavy atom. The van der Waals surface area contributed by atoms with Crippen molar-refractivity contribution in [1.29, 1.82) is 0 Å². The molecule has 8 heteroatoms. The maximum atomic E-state index is 13.8. The van der Waals surface area contributed by atoms with Crippen LogP contribution < -0.4 is 20.8 Å². The quantitative estimate of drug-likeness (QED) is 0.432. The molecule has 1 aromatic heterocycles. The summed E-state index contributed by atoms with van der Waals surface area (Å²) in [6.45, 7) is 2.72. The fraction of sp³-hybridized carbons (Fsp3) is 0.240. The van der Waals surface area contributed by atoms with E-state index in [1.807, 2.05) is 59.5 Å². The lowest BCUT2D eigenvalue weighted by molar-refractivity contribution is -0.134. The third-order valence-electron chi connectivity index (χ3n) is 6.01. The number of hydrogen-bond acceptors (Lipinski definition) is 5. The van der Waals surface area contributed by atoms with Gasteiger partial charge in [0.1, 0.15) is 16.4 Å². The molecule has 4 rings (SSSR count). The van der Waals surface area contributed by atoms with Crippen molar-refractivity contribution in [1.82, 2.24) is 9.47 Å². The highest BCUT2D eigenvalue weighted by Crippen LogP contribution is 2.26. The first-order valence-electron chi connectivity index (χ1n) is 10.8. The Morgan fingerprint density at radius 2 is 1.73 bits per heavy atom. The molecule has 0 aliphatic carbocycles. The standard InChI is InChI=1S/C25H27N5O2S/c1-32-20-9-7-19(8-10-20)28-13-15-29(16-14-28)24(31)23(18-5-3-2-4-6-18)30-12-11-22(27)21(17-26)25(30)33/h2-12,17,23,26H,13-16,27H2,1H3/p+1. The minimum Gasteiger partial charge on any atom is -0.497 e. The van der Waals surface area contributed by atoms with Gasteiger partial charge in [0, 0.05) is 43.8 Å². The summed E-state index contributed by atoms with van der Waals surface area (Å²) in [7, 11) is 1.66. The first-order chi connectivity index (χ1) is 16.0. The molecule has 0 saturated carbocycles. The summed E-state index contributed by atoms with van der Waals surface area (Å²) in [4.78, 5) is 18.0. The molecule has 0 spiro atoms. The van der Waals surface area contributed by atoms with Gasteiger partial charge in [0.2, 0.25) is 5.91 Å². The number of anilines is 2. The van der Waals surface area contributed by atoms with Gasteiger partial charge in [-0.1, -0.05) is 42.5 Å². The van der Waals surface area contributed by atoms with E-state index in [1.54, 1.807) is 23.9 Å². The summed E-state index contributed by atoms with van der Waals surface area (Å²) in [6.07, 6.45) is 3.17. The number of carbonyl (C=O) groups excluding carboxylic acids is 1. The fourth-order valence-electron chi connectivity index (χ4n) is 4.16. The molecule has 0 bridgehead atoms. The third-order valence-corrected chi connectivity index (χ3v) is 6.44. The van der Waals surface area contributed by atoms with Gasteiger partial charge in [-0.25, -0.2) is 0 Å². The number of nitrogens with two attached hydrogens (primary N) is 2. The lowest BCUT2D eigenvalue weighted by atomic mass is 10.0. The molecule has 2 heterocycles. The first kappa shape index (κ1) is 22.5. The van der Waals surface area contributed by atoms with Crippen LogP contribution in [0.2, 0.25) is 0 Å². The maximum absolute atomic E-state index is 13.8. The first-order valence-corrected chi connectivity index (χ1v) is 11.2. The number of piperazine rings is 1. The van der Waals surface area contributed by atoms with Crippen molar-refractivity contribution < 1.29 is 14.9 Å². The molecular formula is C25H28N5O2S+. The van der Waals surface area contributed by atoms with Gasteiger partial charge in [0.25, 0.3) is 0 Å². The second-order valence-corrected chi connectivity index (χ2v) is 8.27. The van der Waals surface area contributed by atoms with Crippen LogP contribution in [0.4, 0.5) is 11.4 Å². The Kier molecular flexibility index (Phi) is 6.74. The van der Waals surface area contributed by atoms with E-state index in [9.17, 15) is 4.79 Å². The van der Waals surface area contributed by atoms with E-state index >= 15 is 0 Å². The SMILES string of the molecule is COc1ccc(N2CCN(C(=O)C(c3ccccc3)n3ccc(N)c(C=[NH2+])c3=S)CC2)cc1. The fourth-order valence-corrected chi connectivity index (χ4v) is 4.51. The van der Waals surface area contributed by atoms with Gasteiger partial charge in [-0.15, -0.1) is 0 Å². The lowest BCUT2D eigenvalue weighted by Crippen LogP contribution is -2.51. The van der Waals surface area contributed by atoms with Gasteiger partial charge in [-0.2, -0.15) is 0 Å². The van der Waals surface area contributed by atoms with Crippen LogP contribution in [0.3, 0.4) is 0 Å². The molecule has 1 amide bonds. The van der Waals surface area contributed by atoms with Gasteiger partial charge >= 0.3 is 0 Å². The van der Waals surface area contributed by atoms with Crippen LogP contribution in [0.1, 0.15) is 17.2 Å². The van der Waals surface area contributed by atoms with E-state index in [2.05, 4.69) is 4.90 Å². The van der Waals surface area contributed by atoms with Crippen LogP contribution >= 0.6 is 12.2 Å². The van der Waals surface area contributed by atoms with Crippen LogP contribution in [0.5, 0.6) is 5.75 Å². The zero-order valence-electron chi connectivity index (χ0n) is 18.6. The Hall–Kier alpha value is -3.65. The third kappa shape index (κ3) is 4.61. The smallest absolute Gasteiger partial charge is 0.250 e. The molecule has 1 aliphatic heterocycles. The summed E-state index contributed by atoms with van der Waals surface area (Å²) < 4.78 is 7.48. The summed E-state index contributed by atoms with van der Waals surface area (Å²) in [5, 5.41) is 5.77. The monoisotopic (exact) mass is 462 g/mol. The van der Waals surface area contributed by atoms with Crippen molar-refractivity contribution in [2.45, 2.75) is 6.04 Å². The van der Waals surface area contributed by atoms with Gasteiger partial charge in [0.15, 0.2) is 6.21 Å². The summed E-state index contributed by atoms with van der Waals surface area (Å²) in [5.41, 5.74) is 9.08. The molecule has 3 aromatic rings. The predicted octanol–water partition coefficient (Wildman–Crippen LogP) is 1.92. The molecule has 2 aromatic carbocycles. The zero-order chi connectivity index (χ0) is 23.4. The molecule has 0 radical (unpaired) electrons. The number of pyridine rings is 1. The largest absolute Gasteiger partial charge is 0.497 e. The van der Waals surface area contributed by atoms with E-state index in [0.29, 0.717) is 29.0 Å². The number of amides is 1. The zero-order valence-corrected chi connectivity index (χ0v) is 19.4. The number of ether oxygens (including phenoxy) is 1. The van der Waals surface area contributed by atoms with Gasteiger partial charge < -0.3 is 24.8 Å². The van der Waals surface area contributed by atoms with E-state index in [1.165, 1.54) is 6.21 Å². The van der Waals surface area contributed by atoms with Gasteiger partial charge in [0.05, 0.1) is 12.7 Å². The minimum absolute atomic E-state index is 0.000534. The lowest BCUT2D eigenvalue weighted by Gasteiger charge is -2.38. The van der Waals surface area contributed by atoms with Crippen LogP contribution in [0.25, 0.3) is 0 Å². The Morgan fingerprint density at radius 3 is 2.33 bits per heavy atom. The molecule has 1 aliphatic rings. The molecule has 1 atom stereocenters.